The van der Waals surface area contributed by atoms with Crippen molar-refractivity contribution in [3.8, 4) is 0 Å². The third-order valence-corrected chi connectivity index (χ3v) is 2.92. The van der Waals surface area contributed by atoms with Crippen LogP contribution in [-0.4, -0.2) is 28.0 Å². The van der Waals surface area contributed by atoms with E-state index in [0.717, 1.165) is 37.4 Å². The average molecular weight is 207 g/mol. The molecule has 0 saturated heterocycles. The molecule has 0 amide bonds. The van der Waals surface area contributed by atoms with Crippen molar-refractivity contribution in [3.63, 3.8) is 0 Å². The van der Waals surface area contributed by atoms with Crippen molar-refractivity contribution in [3.05, 3.63) is 17.0 Å². The summed E-state index contributed by atoms with van der Waals surface area (Å²) in [5.41, 5.74) is 5.95. The fraction of sp³-hybridized carbons (Fsp3) is 0.600. The van der Waals surface area contributed by atoms with E-state index in [1.54, 1.807) is 0 Å². The van der Waals surface area contributed by atoms with Crippen molar-refractivity contribution in [1.29, 1.82) is 0 Å². The number of hydrogen-bond donors (Lipinski definition) is 2. The van der Waals surface area contributed by atoms with E-state index in [1.165, 1.54) is 5.56 Å². The molecule has 0 spiro atoms. The third kappa shape index (κ3) is 1.93. The van der Waals surface area contributed by atoms with E-state index >= 15 is 0 Å². The number of hydrazine groups is 1. The molecule has 2 heterocycles. The minimum Gasteiger partial charge on any atom is -0.299 e. The highest BCUT2D eigenvalue weighted by Crippen LogP contribution is 2.20. The van der Waals surface area contributed by atoms with Crippen molar-refractivity contribution in [2.24, 2.45) is 5.84 Å². The first kappa shape index (κ1) is 10.3. The van der Waals surface area contributed by atoms with Gasteiger partial charge in [-0.2, -0.15) is 0 Å². The summed E-state index contributed by atoms with van der Waals surface area (Å²) in [7, 11) is 0. The van der Waals surface area contributed by atoms with Crippen LogP contribution in [0.3, 0.4) is 0 Å². The van der Waals surface area contributed by atoms with Gasteiger partial charge < -0.3 is 0 Å². The lowest BCUT2D eigenvalue weighted by Crippen LogP contribution is -2.32. The topological polar surface area (TPSA) is 67.1 Å². The molecule has 82 valence electrons. The smallest absolute Gasteiger partial charge is 0.237 e. The number of nitrogens with zero attached hydrogens (tertiary/aromatic N) is 3. The number of anilines is 1. The van der Waals surface area contributed by atoms with Gasteiger partial charge in [-0.3, -0.25) is 10.3 Å². The zero-order valence-corrected chi connectivity index (χ0v) is 9.25. The first-order valence-electron chi connectivity index (χ1n) is 5.30. The van der Waals surface area contributed by atoms with Crippen molar-refractivity contribution in [2.45, 2.75) is 26.8 Å². The van der Waals surface area contributed by atoms with E-state index in [0.29, 0.717) is 5.95 Å². The minimum absolute atomic E-state index is 0.524. The second kappa shape index (κ2) is 4.12. The fourth-order valence-electron chi connectivity index (χ4n) is 1.97. The predicted octanol–water partition coefficient (Wildman–Crippen LogP) is 0.449. The zero-order valence-electron chi connectivity index (χ0n) is 9.25. The van der Waals surface area contributed by atoms with Gasteiger partial charge in [-0.1, -0.05) is 6.92 Å². The van der Waals surface area contributed by atoms with Crippen LogP contribution in [0.5, 0.6) is 0 Å². The number of nitrogen functional groups attached to an aromatic ring is 1. The average Bonchev–Trinajstić information content (AvgIpc) is 2.28. The number of nitrogens with two attached hydrogens (primary N) is 1. The Hall–Kier alpha value is -1.20. The van der Waals surface area contributed by atoms with Gasteiger partial charge in [0.25, 0.3) is 0 Å². The van der Waals surface area contributed by atoms with Crippen LogP contribution in [0.4, 0.5) is 5.95 Å². The van der Waals surface area contributed by atoms with Gasteiger partial charge in [0.15, 0.2) is 0 Å². The van der Waals surface area contributed by atoms with Gasteiger partial charge in [0.1, 0.15) is 0 Å². The Balaban J connectivity index is 2.35. The maximum Gasteiger partial charge on any atom is 0.237 e. The highest BCUT2D eigenvalue weighted by molar-refractivity contribution is 5.34. The normalized spacial score (nSPS) is 16.2. The number of hydrogen-bond acceptors (Lipinski definition) is 5. The quantitative estimate of drug-likeness (QED) is 0.544. The molecule has 15 heavy (non-hydrogen) atoms. The highest BCUT2D eigenvalue weighted by Gasteiger charge is 2.19. The maximum atomic E-state index is 5.32. The van der Waals surface area contributed by atoms with E-state index in [1.807, 2.05) is 6.92 Å². The minimum atomic E-state index is 0.524. The van der Waals surface area contributed by atoms with Crippen molar-refractivity contribution < 1.29 is 0 Å². The lowest BCUT2D eigenvalue weighted by atomic mass is 10.0. The number of fused-ring (bicyclic) bond motifs is 1. The van der Waals surface area contributed by atoms with Crippen LogP contribution in [0, 0.1) is 6.92 Å². The van der Waals surface area contributed by atoms with Crippen LogP contribution in [0.25, 0.3) is 0 Å². The third-order valence-electron chi connectivity index (χ3n) is 2.92. The van der Waals surface area contributed by atoms with Crippen molar-refractivity contribution in [2.75, 3.05) is 18.5 Å². The molecule has 1 aliphatic heterocycles. The zero-order chi connectivity index (χ0) is 10.8. The van der Waals surface area contributed by atoms with Crippen LogP contribution >= 0.6 is 0 Å². The molecule has 5 nitrogen and oxygen atoms in total. The van der Waals surface area contributed by atoms with E-state index in [4.69, 9.17) is 5.84 Å². The number of aryl methyl sites for hydroxylation is 1. The molecule has 0 aromatic carbocycles. The van der Waals surface area contributed by atoms with E-state index < -0.39 is 0 Å². The van der Waals surface area contributed by atoms with E-state index in [-0.39, 0.29) is 0 Å². The Morgan fingerprint density at radius 1 is 1.47 bits per heavy atom. The van der Waals surface area contributed by atoms with Gasteiger partial charge in [-0.05, 0) is 13.5 Å². The molecule has 0 fully saturated rings. The Kier molecular flexibility index (Phi) is 2.83. The summed E-state index contributed by atoms with van der Waals surface area (Å²) in [6, 6.07) is 0. The molecule has 0 atom stereocenters. The molecule has 1 aromatic heterocycles. The number of aromatic nitrogens is 2. The Morgan fingerprint density at radius 3 is 2.93 bits per heavy atom. The lowest BCUT2D eigenvalue weighted by molar-refractivity contribution is 0.264. The van der Waals surface area contributed by atoms with E-state index in [2.05, 4.69) is 27.2 Å². The predicted molar refractivity (Wildman–Crippen MR) is 59.2 cm³/mol. The fourth-order valence-corrected chi connectivity index (χ4v) is 1.97. The lowest BCUT2D eigenvalue weighted by Gasteiger charge is -2.27. The summed E-state index contributed by atoms with van der Waals surface area (Å²) >= 11 is 0. The number of rotatable bonds is 2. The Labute approximate surface area is 89.7 Å². The van der Waals surface area contributed by atoms with Crippen LogP contribution in [0.2, 0.25) is 0 Å². The molecule has 0 bridgehead atoms. The number of likely N-dealkylation sites (N-methyl/N-ethyl adjacent to an activating group) is 1. The van der Waals surface area contributed by atoms with E-state index in [9.17, 15) is 0 Å². The molecule has 0 aliphatic carbocycles. The molecule has 1 aliphatic rings. The van der Waals surface area contributed by atoms with Gasteiger partial charge in [0.2, 0.25) is 5.95 Å². The second-order valence-electron chi connectivity index (χ2n) is 3.82. The first-order valence-corrected chi connectivity index (χ1v) is 5.30. The Morgan fingerprint density at radius 2 is 2.27 bits per heavy atom. The monoisotopic (exact) mass is 207 g/mol. The maximum absolute atomic E-state index is 5.32. The van der Waals surface area contributed by atoms with Crippen LogP contribution in [0.15, 0.2) is 0 Å². The first-order chi connectivity index (χ1) is 7.24. The van der Waals surface area contributed by atoms with Gasteiger partial charge in [0.05, 0.1) is 5.69 Å². The van der Waals surface area contributed by atoms with Gasteiger partial charge in [0, 0.05) is 30.8 Å². The number of nitrogens with one attached hydrogen (secondary N) is 1. The molecule has 3 N–H and O–H groups in total. The van der Waals surface area contributed by atoms with Gasteiger partial charge in [-0.25, -0.2) is 15.8 Å². The highest BCUT2D eigenvalue weighted by atomic mass is 15.3. The van der Waals surface area contributed by atoms with Crippen molar-refractivity contribution in [1.82, 2.24) is 14.9 Å². The summed E-state index contributed by atoms with van der Waals surface area (Å²) in [5, 5.41) is 0. The van der Waals surface area contributed by atoms with Crippen LogP contribution < -0.4 is 11.3 Å². The second-order valence-corrected chi connectivity index (χ2v) is 3.82. The molecule has 1 aromatic rings. The van der Waals surface area contributed by atoms with Crippen LogP contribution in [-0.2, 0) is 13.0 Å². The molecule has 0 saturated carbocycles. The van der Waals surface area contributed by atoms with Gasteiger partial charge in [-0.15, -0.1) is 0 Å². The summed E-state index contributed by atoms with van der Waals surface area (Å²) < 4.78 is 0. The SMILES string of the molecule is CCN1CCc2nc(NN)nc(C)c2C1. The molecular formula is C10H17N5. The Bertz CT molecular complexity index is 363. The molecule has 0 radical (unpaired) electrons. The molecule has 2 rings (SSSR count). The molecule has 5 heteroatoms. The summed E-state index contributed by atoms with van der Waals surface area (Å²) in [5.74, 6) is 5.84. The summed E-state index contributed by atoms with van der Waals surface area (Å²) in [6.45, 7) is 7.31. The largest absolute Gasteiger partial charge is 0.299 e. The standard InChI is InChI=1S/C10H17N5/c1-3-15-5-4-9-8(6-15)7(2)12-10(13-9)14-11/h3-6,11H2,1-2H3,(H,12,13,14). The summed E-state index contributed by atoms with van der Waals surface area (Å²) in [4.78, 5) is 11.1. The van der Waals surface area contributed by atoms with Crippen LogP contribution in [0.1, 0.15) is 23.9 Å². The van der Waals surface area contributed by atoms with Gasteiger partial charge >= 0.3 is 0 Å². The summed E-state index contributed by atoms with van der Waals surface area (Å²) in [6.07, 6.45) is 0.987. The molecule has 0 unspecified atom stereocenters. The molecular weight excluding hydrogens is 190 g/mol. The van der Waals surface area contributed by atoms with Crippen molar-refractivity contribution >= 4 is 5.95 Å².